The van der Waals surface area contributed by atoms with Gasteiger partial charge in [0.1, 0.15) is 0 Å². The van der Waals surface area contributed by atoms with Crippen LogP contribution in [-0.4, -0.2) is 42.9 Å². The molecule has 0 unspecified atom stereocenters. The number of nitrogens with zero attached hydrogens (tertiary/aromatic N) is 1. The van der Waals surface area contributed by atoms with Gasteiger partial charge in [0.25, 0.3) is 5.56 Å². The molecule has 0 radical (unpaired) electrons. The maximum Gasteiger partial charge on any atom is 0.326 e. The summed E-state index contributed by atoms with van der Waals surface area (Å²) in [4.78, 5) is 31.4. The number of aromatic amines is 2. The van der Waals surface area contributed by atoms with Crippen LogP contribution in [0.1, 0.15) is 10.4 Å². The highest BCUT2D eigenvalue weighted by molar-refractivity contribution is 7.89. The minimum Gasteiger partial charge on any atom is -0.307 e. The summed E-state index contributed by atoms with van der Waals surface area (Å²) in [5.41, 5.74) is 0.363. The van der Waals surface area contributed by atoms with E-state index in [4.69, 9.17) is 0 Å². The monoisotopic (exact) mass is 406 g/mol. The van der Waals surface area contributed by atoms with Gasteiger partial charge >= 0.3 is 5.69 Å². The Morgan fingerprint density at radius 2 is 2.04 bits per heavy atom. The highest BCUT2D eigenvalue weighted by atomic mass is 32.2. The number of thiophene rings is 1. The maximum absolute atomic E-state index is 12.5. The van der Waals surface area contributed by atoms with Crippen LogP contribution in [0.3, 0.4) is 0 Å². The molecule has 1 aliphatic rings. The largest absolute Gasteiger partial charge is 0.326 e. The number of aromatic nitrogens is 2. The van der Waals surface area contributed by atoms with E-state index in [9.17, 15) is 18.0 Å². The molecule has 3 aromatic rings. The van der Waals surface area contributed by atoms with Crippen molar-refractivity contribution in [2.75, 3.05) is 19.6 Å². The number of hydrogen-bond acceptors (Lipinski definition) is 6. The first-order valence-corrected chi connectivity index (χ1v) is 10.8. The summed E-state index contributed by atoms with van der Waals surface area (Å²) >= 11 is 1.77. The molecule has 0 spiro atoms. The van der Waals surface area contributed by atoms with E-state index in [1.54, 1.807) is 11.3 Å². The van der Waals surface area contributed by atoms with Crippen molar-refractivity contribution in [3.8, 4) is 0 Å². The molecule has 3 heterocycles. The van der Waals surface area contributed by atoms with Crippen molar-refractivity contribution in [2.45, 2.75) is 17.9 Å². The fourth-order valence-electron chi connectivity index (χ4n) is 3.23. The third-order valence-electron chi connectivity index (χ3n) is 4.63. The topological polar surface area (TPSA) is 115 Å². The predicted octanol–water partition coefficient (Wildman–Crippen LogP) is 0.615. The van der Waals surface area contributed by atoms with Gasteiger partial charge in [0.05, 0.1) is 15.8 Å². The number of hydrogen-bond donors (Lipinski definition) is 3. The van der Waals surface area contributed by atoms with E-state index in [0.717, 1.165) is 19.5 Å². The fourth-order valence-corrected chi connectivity index (χ4v) is 5.17. The minimum atomic E-state index is -3.75. The number of rotatable bonds is 5. The lowest BCUT2D eigenvalue weighted by atomic mass is 10.1. The molecule has 0 fully saturated rings. The molecular formula is C17H18N4O4S2. The van der Waals surface area contributed by atoms with Crippen LogP contribution >= 0.6 is 11.3 Å². The van der Waals surface area contributed by atoms with E-state index in [1.165, 1.54) is 28.6 Å². The Bertz CT molecular complexity index is 1210. The molecule has 10 heteroatoms. The molecule has 0 saturated heterocycles. The van der Waals surface area contributed by atoms with Crippen LogP contribution in [-0.2, 0) is 23.0 Å². The van der Waals surface area contributed by atoms with Gasteiger partial charge in [0.15, 0.2) is 0 Å². The fraction of sp³-hybridized carbons (Fsp3) is 0.294. The van der Waals surface area contributed by atoms with E-state index >= 15 is 0 Å². The normalized spacial score (nSPS) is 15.1. The van der Waals surface area contributed by atoms with Crippen molar-refractivity contribution in [3.63, 3.8) is 0 Å². The summed E-state index contributed by atoms with van der Waals surface area (Å²) in [6.45, 7) is 2.63. The number of fused-ring (bicyclic) bond motifs is 2. The smallest absolute Gasteiger partial charge is 0.307 e. The van der Waals surface area contributed by atoms with E-state index < -0.39 is 21.3 Å². The average Bonchev–Trinajstić information content (AvgIpc) is 3.09. The van der Waals surface area contributed by atoms with Crippen LogP contribution in [0.4, 0.5) is 0 Å². The van der Waals surface area contributed by atoms with Gasteiger partial charge in [-0.05, 0) is 41.6 Å². The van der Waals surface area contributed by atoms with Crippen LogP contribution in [0, 0.1) is 0 Å². The van der Waals surface area contributed by atoms with E-state index in [2.05, 4.69) is 31.0 Å². The zero-order chi connectivity index (χ0) is 19.0. The Kier molecular flexibility index (Phi) is 4.72. The molecule has 0 aliphatic carbocycles. The molecule has 27 heavy (non-hydrogen) atoms. The summed E-state index contributed by atoms with van der Waals surface area (Å²) in [5, 5.41) is 2.21. The minimum absolute atomic E-state index is 0.00804. The van der Waals surface area contributed by atoms with E-state index in [0.29, 0.717) is 12.1 Å². The predicted molar refractivity (Wildman–Crippen MR) is 104 cm³/mol. The Morgan fingerprint density at radius 3 is 2.89 bits per heavy atom. The SMILES string of the molecule is O=c1[nH]c(=O)c2cc(S(=O)(=O)NCCN3CCc4sccc4C3)ccc2[nH]1. The zero-order valence-corrected chi connectivity index (χ0v) is 16.0. The molecule has 3 N–H and O–H groups in total. The lowest BCUT2D eigenvalue weighted by Gasteiger charge is -2.26. The number of nitrogens with one attached hydrogen (secondary N) is 3. The van der Waals surface area contributed by atoms with Crippen LogP contribution in [0.25, 0.3) is 10.9 Å². The molecule has 8 nitrogen and oxygen atoms in total. The molecule has 0 bridgehead atoms. The molecule has 1 aromatic carbocycles. The summed E-state index contributed by atoms with van der Waals surface area (Å²) in [7, 11) is -3.75. The molecule has 2 aromatic heterocycles. The van der Waals surface area contributed by atoms with E-state index in [-0.39, 0.29) is 16.8 Å². The molecule has 0 atom stereocenters. The third-order valence-corrected chi connectivity index (χ3v) is 7.11. The van der Waals surface area contributed by atoms with Crippen LogP contribution in [0.15, 0.2) is 44.1 Å². The van der Waals surface area contributed by atoms with Crippen molar-refractivity contribution in [3.05, 3.63) is 60.9 Å². The highest BCUT2D eigenvalue weighted by Crippen LogP contribution is 2.23. The molecule has 4 rings (SSSR count). The van der Waals surface area contributed by atoms with Crippen LogP contribution in [0.2, 0.25) is 0 Å². The Balaban J connectivity index is 1.45. The Hall–Kier alpha value is -2.27. The van der Waals surface area contributed by atoms with Gasteiger partial charge in [0, 0.05) is 31.1 Å². The second-order valence-corrected chi connectivity index (χ2v) is 9.18. The maximum atomic E-state index is 12.5. The lowest BCUT2D eigenvalue weighted by Crippen LogP contribution is -2.37. The van der Waals surface area contributed by atoms with Gasteiger partial charge in [-0.25, -0.2) is 17.9 Å². The van der Waals surface area contributed by atoms with Gasteiger partial charge in [0.2, 0.25) is 10.0 Å². The second kappa shape index (κ2) is 7.04. The summed E-state index contributed by atoms with van der Waals surface area (Å²) in [6.07, 6.45) is 0.991. The molecule has 0 saturated carbocycles. The van der Waals surface area contributed by atoms with Crippen molar-refractivity contribution >= 4 is 32.3 Å². The van der Waals surface area contributed by atoms with Gasteiger partial charge in [-0.3, -0.25) is 14.7 Å². The first-order valence-electron chi connectivity index (χ1n) is 8.46. The first kappa shape index (κ1) is 18.1. The summed E-state index contributed by atoms with van der Waals surface area (Å²) in [6, 6.07) is 6.18. The number of sulfonamides is 1. The van der Waals surface area contributed by atoms with Crippen molar-refractivity contribution < 1.29 is 8.42 Å². The van der Waals surface area contributed by atoms with Gasteiger partial charge in [-0.2, -0.15) is 0 Å². The van der Waals surface area contributed by atoms with Gasteiger partial charge in [-0.15, -0.1) is 11.3 Å². The number of H-pyrrole nitrogens is 2. The van der Waals surface area contributed by atoms with Crippen LogP contribution < -0.4 is 16.0 Å². The van der Waals surface area contributed by atoms with Crippen molar-refractivity contribution in [2.24, 2.45) is 0 Å². The first-order chi connectivity index (χ1) is 12.9. The molecule has 0 amide bonds. The standard InChI is InChI=1S/C17H18N4O4S2/c22-16-13-9-12(1-2-14(13)19-17(23)20-16)27(24,25)18-5-7-21-6-3-15-11(10-21)4-8-26-15/h1-2,4,8-9,18H,3,5-7,10H2,(H2,19,20,22,23). The van der Waals surface area contributed by atoms with Gasteiger partial charge < -0.3 is 4.98 Å². The number of benzene rings is 1. The quantitative estimate of drug-likeness (QED) is 0.574. The summed E-state index contributed by atoms with van der Waals surface area (Å²) < 4.78 is 27.7. The van der Waals surface area contributed by atoms with Crippen molar-refractivity contribution in [1.82, 2.24) is 19.6 Å². The Labute approximate surface area is 158 Å². The molecular weight excluding hydrogens is 388 g/mol. The average molecular weight is 406 g/mol. The van der Waals surface area contributed by atoms with Gasteiger partial charge in [-0.1, -0.05) is 0 Å². The second-order valence-electron chi connectivity index (χ2n) is 6.41. The van der Waals surface area contributed by atoms with Crippen molar-refractivity contribution in [1.29, 1.82) is 0 Å². The summed E-state index contributed by atoms with van der Waals surface area (Å²) in [5.74, 6) is 0. The van der Waals surface area contributed by atoms with Crippen LogP contribution in [0.5, 0.6) is 0 Å². The third kappa shape index (κ3) is 3.74. The van der Waals surface area contributed by atoms with E-state index in [1.807, 2.05) is 0 Å². The highest BCUT2D eigenvalue weighted by Gasteiger charge is 2.19. The molecule has 1 aliphatic heterocycles. The molecule has 142 valence electrons. The lowest BCUT2D eigenvalue weighted by molar-refractivity contribution is 0.260. The Morgan fingerprint density at radius 1 is 1.19 bits per heavy atom. The zero-order valence-electron chi connectivity index (χ0n) is 14.3.